The summed E-state index contributed by atoms with van der Waals surface area (Å²) in [5.74, 6) is 0.697. The maximum absolute atomic E-state index is 12.4. The molecule has 2 atom stereocenters. The maximum Gasteiger partial charge on any atom is 0.347 e. The zero-order chi connectivity index (χ0) is 28.3. The summed E-state index contributed by atoms with van der Waals surface area (Å²) in [4.78, 5) is 26.8. The Morgan fingerprint density at radius 2 is 0.974 bits per heavy atom. The van der Waals surface area contributed by atoms with E-state index in [1.165, 1.54) is 0 Å². The second-order valence-corrected chi connectivity index (χ2v) is 10.6. The van der Waals surface area contributed by atoms with Crippen LogP contribution in [0.1, 0.15) is 91.9 Å². The van der Waals surface area contributed by atoms with Crippen molar-refractivity contribution in [2.45, 2.75) is 114 Å². The molecule has 39 heavy (non-hydrogen) atoms. The Bertz CT molecular complexity index is 867. The second kappa shape index (κ2) is 19.4. The molecular formula is C32H46O6S. The van der Waals surface area contributed by atoms with Crippen LogP contribution in [-0.4, -0.2) is 37.4 Å². The maximum atomic E-state index is 12.4. The zero-order valence-corrected chi connectivity index (χ0v) is 24.9. The van der Waals surface area contributed by atoms with Crippen LogP contribution in [0.15, 0.2) is 58.3 Å². The normalized spacial score (nSPS) is 12.4. The number of rotatable bonds is 20. The van der Waals surface area contributed by atoms with E-state index in [4.69, 9.17) is 18.9 Å². The predicted molar refractivity (Wildman–Crippen MR) is 157 cm³/mol. The lowest BCUT2D eigenvalue weighted by atomic mass is 10.1. The highest BCUT2D eigenvalue weighted by molar-refractivity contribution is 7.99. The topological polar surface area (TPSA) is 71.1 Å². The third-order valence-corrected chi connectivity index (χ3v) is 7.19. The Morgan fingerprint density at radius 1 is 0.590 bits per heavy atom. The summed E-state index contributed by atoms with van der Waals surface area (Å²) < 4.78 is 22.5. The minimum atomic E-state index is -0.585. The van der Waals surface area contributed by atoms with Crippen LogP contribution >= 0.6 is 11.8 Å². The van der Waals surface area contributed by atoms with Gasteiger partial charge < -0.3 is 18.9 Å². The Morgan fingerprint density at radius 3 is 1.31 bits per heavy atom. The molecule has 0 saturated carbocycles. The SMILES string of the molecule is CCCCCCC(Oc1ccc(Sc2ccc(OC(CCCCCC)C(=O)OCC)cc2)cc1)C(=O)OCC. The van der Waals surface area contributed by atoms with Crippen LogP contribution in [0.3, 0.4) is 0 Å². The van der Waals surface area contributed by atoms with Gasteiger partial charge in [-0.25, -0.2) is 9.59 Å². The van der Waals surface area contributed by atoms with Crippen molar-refractivity contribution < 1.29 is 28.5 Å². The van der Waals surface area contributed by atoms with Gasteiger partial charge in [-0.2, -0.15) is 0 Å². The van der Waals surface area contributed by atoms with Gasteiger partial charge in [-0.3, -0.25) is 0 Å². The molecule has 0 heterocycles. The van der Waals surface area contributed by atoms with Gasteiger partial charge >= 0.3 is 11.9 Å². The molecule has 0 saturated heterocycles. The summed E-state index contributed by atoms with van der Waals surface area (Å²) in [6.07, 6.45) is 8.76. The minimum Gasteiger partial charge on any atom is -0.479 e. The lowest BCUT2D eigenvalue weighted by Crippen LogP contribution is -2.29. The van der Waals surface area contributed by atoms with Gasteiger partial charge in [0.25, 0.3) is 0 Å². The third-order valence-electron chi connectivity index (χ3n) is 6.18. The van der Waals surface area contributed by atoms with Crippen molar-refractivity contribution in [3.05, 3.63) is 48.5 Å². The minimum absolute atomic E-state index is 0.305. The predicted octanol–water partition coefficient (Wildman–Crippen LogP) is 8.40. The standard InChI is InChI=1S/C32H46O6S/c1-5-9-11-13-15-29(31(33)35-7-3)37-25-17-21-27(22-18-25)39-28-23-19-26(20-24-28)38-30(32(34)36-8-4)16-14-12-10-6-2/h17-24,29-30H,5-16H2,1-4H3. The van der Waals surface area contributed by atoms with Crippen LogP contribution < -0.4 is 9.47 Å². The fraction of sp³-hybridized carbons (Fsp3) is 0.562. The average Bonchev–Trinajstić information content (AvgIpc) is 2.94. The Labute approximate surface area is 239 Å². The summed E-state index contributed by atoms with van der Waals surface area (Å²) in [7, 11) is 0. The molecule has 2 aromatic rings. The molecule has 0 bridgehead atoms. The van der Waals surface area contributed by atoms with Gasteiger partial charge in [-0.05, 0) is 88.1 Å². The van der Waals surface area contributed by atoms with E-state index >= 15 is 0 Å². The van der Waals surface area contributed by atoms with Crippen molar-refractivity contribution in [3.8, 4) is 11.5 Å². The van der Waals surface area contributed by atoms with Crippen molar-refractivity contribution in [1.29, 1.82) is 0 Å². The van der Waals surface area contributed by atoms with Crippen LogP contribution in [-0.2, 0) is 19.1 Å². The largest absolute Gasteiger partial charge is 0.479 e. The summed E-state index contributed by atoms with van der Waals surface area (Å²) in [5, 5.41) is 0. The summed E-state index contributed by atoms with van der Waals surface area (Å²) in [6.45, 7) is 8.64. The van der Waals surface area contributed by atoms with E-state index in [1.54, 1.807) is 11.8 Å². The van der Waals surface area contributed by atoms with Crippen LogP contribution in [0.2, 0.25) is 0 Å². The van der Waals surface area contributed by atoms with Crippen molar-refractivity contribution in [2.75, 3.05) is 13.2 Å². The highest BCUT2D eigenvalue weighted by atomic mass is 32.2. The molecule has 2 unspecified atom stereocenters. The van der Waals surface area contributed by atoms with E-state index in [-0.39, 0.29) is 11.9 Å². The van der Waals surface area contributed by atoms with E-state index in [0.29, 0.717) is 37.6 Å². The first-order chi connectivity index (χ1) is 19.0. The zero-order valence-electron chi connectivity index (χ0n) is 24.1. The Hall–Kier alpha value is -2.67. The molecule has 2 aromatic carbocycles. The van der Waals surface area contributed by atoms with Gasteiger partial charge in [0.2, 0.25) is 0 Å². The van der Waals surface area contributed by atoms with Crippen molar-refractivity contribution in [3.63, 3.8) is 0 Å². The Balaban J connectivity index is 1.94. The number of esters is 2. The van der Waals surface area contributed by atoms with Gasteiger partial charge in [-0.1, -0.05) is 64.1 Å². The van der Waals surface area contributed by atoms with Crippen LogP contribution in [0.4, 0.5) is 0 Å². The number of ether oxygens (including phenoxy) is 4. The summed E-state index contributed by atoms with van der Waals surface area (Å²) >= 11 is 1.62. The highest BCUT2D eigenvalue weighted by Gasteiger charge is 2.22. The van der Waals surface area contributed by atoms with E-state index in [1.807, 2.05) is 62.4 Å². The molecule has 0 radical (unpaired) electrons. The van der Waals surface area contributed by atoms with Crippen LogP contribution in [0.5, 0.6) is 11.5 Å². The highest BCUT2D eigenvalue weighted by Crippen LogP contribution is 2.31. The van der Waals surface area contributed by atoms with E-state index in [2.05, 4.69) is 13.8 Å². The summed E-state index contributed by atoms with van der Waals surface area (Å²) in [5.41, 5.74) is 0. The molecule has 2 rings (SSSR count). The van der Waals surface area contributed by atoms with Crippen LogP contribution in [0.25, 0.3) is 0 Å². The van der Waals surface area contributed by atoms with Gasteiger partial charge in [0, 0.05) is 9.79 Å². The van der Waals surface area contributed by atoms with Gasteiger partial charge in [0.15, 0.2) is 12.2 Å². The lowest BCUT2D eigenvalue weighted by molar-refractivity contribution is -0.152. The first-order valence-electron chi connectivity index (χ1n) is 14.5. The van der Waals surface area contributed by atoms with E-state index in [0.717, 1.165) is 61.2 Å². The first kappa shape index (κ1) is 32.5. The molecule has 7 heteroatoms. The quantitative estimate of drug-likeness (QED) is 0.119. The van der Waals surface area contributed by atoms with E-state index in [9.17, 15) is 9.59 Å². The first-order valence-corrected chi connectivity index (χ1v) is 15.4. The fourth-order valence-electron chi connectivity index (χ4n) is 4.07. The molecule has 0 spiro atoms. The molecule has 0 aromatic heterocycles. The molecule has 0 aliphatic carbocycles. The van der Waals surface area contributed by atoms with Crippen molar-refractivity contribution in [2.24, 2.45) is 0 Å². The van der Waals surface area contributed by atoms with Gasteiger partial charge in [0.05, 0.1) is 13.2 Å². The number of hydrogen-bond acceptors (Lipinski definition) is 7. The molecule has 0 aliphatic rings. The lowest BCUT2D eigenvalue weighted by Gasteiger charge is -2.18. The molecule has 216 valence electrons. The number of benzene rings is 2. The van der Waals surface area contributed by atoms with Gasteiger partial charge in [0.1, 0.15) is 11.5 Å². The second-order valence-electron chi connectivity index (χ2n) is 9.46. The average molecular weight is 559 g/mol. The van der Waals surface area contributed by atoms with Gasteiger partial charge in [-0.15, -0.1) is 0 Å². The van der Waals surface area contributed by atoms with Crippen LogP contribution in [0, 0.1) is 0 Å². The number of carbonyl (C=O) groups excluding carboxylic acids is 2. The molecule has 6 nitrogen and oxygen atoms in total. The smallest absolute Gasteiger partial charge is 0.347 e. The summed E-state index contributed by atoms with van der Waals surface area (Å²) in [6, 6.07) is 15.5. The fourth-order valence-corrected chi connectivity index (χ4v) is 4.89. The van der Waals surface area contributed by atoms with Crippen molar-refractivity contribution >= 4 is 23.7 Å². The van der Waals surface area contributed by atoms with Crippen molar-refractivity contribution in [1.82, 2.24) is 0 Å². The number of hydrogen-bond donors (Lipinski definition) is 0. The molecule has 0 aliphatic heterocycles. The number of carbonyl (C=O) groups is 2. The van der Waals surface area contributed by atoms with E-state index < -0.39 is 12.2 Å². The monoisotopic (exact) mass is 558 g/mol. The molecule has 0 N–H and O–H groups in total. The molecular weight excluding hydrogens is 512 g/mol. The molecule has 0 amide bonds. The third kappa shape index (κ3) is 12.8. The number of unbranched alkanes of at least 4 members (excludes halogenated alkanes) is 6. The molecule has 0 fully saturated rings. The Kier molecular flexibility index (Phi) is 16.2.